The Kier molecular flexibility index (Phi) is 5.15. The molecule has 10 heteroatoms. The first-order valence-corrected chi connectivity index (χ1v) is 10.1. The van der Waals surface area contributed by atoms with Gasteiger partial charge in [0.05, 0.1) is 18.0 Å². The summed E-state index contributed by atoms with van der Waals surface area (Å²) < 4.78 is 8.69. The SMILES string of the molecule is O=C(Nc1ccn(Cc2cccc3ccccc23)n1)c1ccc(Cn2cc([N+](=O)[O-])cn2)o1. The zero-order valence-corrected chi connectivity index (χ0v) is 17.3. The van der Waals surface area contributed by atoms with Gasteiger partial charge < -0.3 is 9.73 Å². The fourth-order valence-electron chi connectivity index (χ4n) is 3.58. The molecule has 2 aromatic carbocycles. The summed E-state index contributed by atoms with van der Waals surface area (Å²) in [6.45, 7) is 0.735. The third-order valence-corrected chi connectivity index (χ3v) is 5.13. The van der Waals surface area contributed by atoms with Crippen LogP contribution in [0.5, 0.6) is 0 Å². The monoisotopic (exact) mass is 442 g/mol. The molecule has 0 aliphatic carbocycles. The third-order valence-electron chi connectivity index (χ3n) is 5.13. The second kappa shape index (κ2) is 8.42. The molecule has 164 valence electrons. The molecule has 0 aliphatic heterocycles. The van der Waals surface area contributed by atoms with Crippen LogP contribution in [0.4, 0.5) is 11.5 Å². The van der Waals surface area contributed by atoms with Crippen LogP contribution < -0.4 is 5.32 Å². The molecular weight excluding hydrogens is 424 g/mol. The van der Waals surface area contributed by atoms with E-state index in [4.69, 9.17) is 4.42 Å². The van der Waals surface area contributed by atoms with Crippen LogP contribution in [-0.4, -0.2) is 30.4 Å². The summed E-state index contributed by atoms with van der Waals surface area (Å²) in [6, 6.07) is 19.2. The minimum absolute atomic E-state index is 0.107. The van der Waals surface area contributed by atoms with Crippen LogP contribution in [-0.2, 0) is 13.1 Å². The van der Waals surface area contributed by atoms with E-state index in [1.165, 1.54) is 16.9 Å². The fourth-order valence-corrected chi connectivity index (χ4v) is 3.58. The number of aromatic nitrogens is 4. The lowest BCUT2D eigenvalue weighted by molar-refractivity contribution is -0.385. The summed E-state index contributed by atoms with van der Waals surface area (Å²) in [6.07, 6.45) is 4.26. The van der Waals surface area contributed by atoms with E-state index < -0.39 is 10.8 Å². The molecule has 0 saturated heterocycles. The highest BCUT2D eigenvalue weighted by Crippen LogP contribution is 2.20. The van der Waals surface area contributed by atoms with Crippen molar-refractivity contribution in [2.75, 3.05) is 5.32 Å². The molecule has 1 amide bonds. The molecule has 0 atom stereocenters. The average molecular weight is 442 g/mol. The number of carbonyl (C=O) groups excluding carboxylic acids is 1. The van der Waals surface area contributed by atoms with Crippen molar-refractivity contribution in [2.45, 2.75) is 13.1 Å². The maximum Gasteiger partial charge on any atom is 0.307 e. The minimum atomic E-state index is -0.524. The number of carbonyl (C=O) groups is 1. The first kappa shape index (κ1) is 20.2. The first-order valence-electron chi connectivity index (χ1n) is 10.1. The Hall–Kier alpha value is -4.73. The topological polar surface area (TPSA) is 121 Å². The number of fused-ring (bicyclic) bond motifs is 1. The molecule has 0 spiro atoms. The Morgan fingerprint density at radius 1 is 1.03 bits per heavy atom. The smallest absolute Gasteiger partial charge is 0.307 e. The number of anilines is 1. The molecule has 0 radical (unpaired) electrons. The maximum atomic E-state index is 12.5. The molecule has 5 rings (SSSR count). The van der Waals surface area contributed by atoms with Gasteiger partial charge in [-0.15, -0.1) is 0 Å². The molecule has 0 bridgehead atoms. The molecule has 0 saturated carbocycles. The molecule has 0 aliphatic rings. The van der Waals surface area contributed by atoms with Crippen LogP contribution in [0.2, 0.25) is 0 Å². The zero-order chi connectivity index (χ0) is 22.8. The normalized spacial score (nSPS) is 11.0. The summed E-state index contributed by atoms with van der Waals surface area (Å²) in [4.78, 5) is 22.8. The van der Waals surface area contributed by atoms with Gasteiger partial charge in [-0.25, -0.2) is 0 Å². The standard InChI is InChI=1S/C23H18N6O4/c30-23(21-9-8-19(33-21)15-28-14-18(12-24-28)29(31)32)25-22-10-11-27(26-22)13-17-6-3-5-16-4-1-2-7-20(16)17/h1-12,14H,13,15H2,(H,25,26,30). The number of hydrogen-bond donors (Lipinski definition) is 1. The second-order valence-corrected chi connectivity index (χ2v) is 7.41. The fraction of sp³-hybridized carbons (Fsp3) is 0.0870. The number of benzene rings is 2. The third kappa shape index (κ3) is 4.35. The molecule has 3 heterocycles. The van der Waals surface area contributed by atoms with Crippen molar-refractivity contribution >= 4 is 28.2 Å². The number of nitro groups is 1. The van der Waals surface area contributed by atoms with Crippen LogP contribution >= 0.6 is 0 Å². The van der Waals surface area contributed by atoms with E-state index in [0.29, 0.717) is 18.1 Å². The number of rotatable bonds is 7. The van der Waals surface area contributed by atoms with E-state index in [1.807, 2.05) is 18.2 Å². The van der Waals surface area contributed by atoms with Crippen LogP contribution in [0.1, 0.15) is 21.9 Å². The van der Waals surface area contributed by atoms with Gasteiger partial charge in [0.15, 0.2) is 11.6 Å². The molecule has 1 N–H and O–H groups in total. The molecule has 0 unspecified atom stereocenters. The highest BCUT2D eigenvalue weighted by molar-refractivity contribution is 6.01. The highest BCUT2D eigenvalue weighted by Gasteiger charge is 2.15. The molecule has 3 aromatic heterocycles. The quantitative estimate of drug-likeness (QED) is 0.299. The Labute approximate surface area is 187 Å². The van der Waals surface area contributed by atoms with E-state index in [9.17, 15) is 14.9 Å². The lowest BCUT2D eigenvalue weighted by atomic mass is 10.0. The van der Waals surface area contributed by atoms with Gasteiger partial charge in [-0.1, -0.05) is 42.5 Å². The van der Waals surface area contributed by atoms with E-state index >= 15 is 0 Å². The lowest BCUT2D eigenvalue weighted by Gasteiger charge is -2.06. The van der Waals surface area contributed by atoms with Crippen molar-refractivity contribution in [3.63, 3.8) is 0 Å². The number of nitrogens with one attached hydrogen (secondary N) is 1. The van der Waals surface area contributed by atoms with Crippen LogP contribution in [0.3, 0.4) is 0 Å². The van der Waals surface area contributed by atoms with Gasteiger partial charge in [0.2, 0.25) is 0 Å². The molecular formula is C23H18N6O4. The van der Waals surface area contributed by atoms with Gasteiger partial charge in [0, 0.05) is 12.3 Å². The van der Waals surface area contributed by atoms with E-state index in [-0.39, 0.29) is 18.0 Å². The maximum absolute atomic E-state index is 12.5. The summed E-state index contributed by atoms with van der Waals surface area (Å²) in [7, 11) is 0. The second-order valence-electron chi connectivity index (χ2n) is 7.41. The number of amides is 1. The Morgan fingerprint density at radius 3 is 2.73 bits per heavy atom. The highest BCUT2D eigenvalue weighted by atomic mass is 16.6. The van der Waals surface area contributed by atoms with Crippen LogP contribution in [0, 0.1) is 10.1 Å². The summed E-state index contributed by atoms with van der Waals surface area (Å²) in [5.74, 6) is 0.513. The van der Waals surface area contributed by atoms with Gasteiger partial charge in [0.25, 0.3) is 5.91 Å². The predicted molar refractivity (Wildman–Crippen MR) is 120 cm³/mol. The summed E-state index contributed by atoms with van der Waals surface area (Å²) >= 11 is 0. The lowest BCUT2D eigenvalue weighted by Crippen LogP contribution is -2.12. The van der Waals surface area contributed by atoms with Gasteiger partial charge in [-0.2, -0.15) is 10.2 Å². The van der Waals surface area contributed by atoms with Gasteiger partial charge in [0.1, 0.15) is 18.2 Å². The van der Waals surface area contributed by atoms with Crippen LogP contribution in [0.15, 0.2) is 83.7 Å². The van der Waals surface area contributed by atoms with Crippen molar-refractivity contribution in [2.24, 2.45) is 0 Å². The number of nitrogens with zero attached hydrogens (tertiary/aromatic N) is 5. The zero-order valence-electron chi connectivity index (χ0n) is 17.3. The first-order chi connectivity index (χ1) is 16.0. The largest absolute Gasteiger partial charge is 0.454 e. The van der Waals surface area contributed by atoms with Gasteiger partial charge in [-0.3, -0.25) is 24.3 Å². The number of hydrogen-bond acceptors (Lipinski definition) is 6. The number of furan rings is 1. The van der Waals surface area contributed by atoms with Crippen molar-refractivity contribution in [3.8, 4) is 0 Å². The van der Waals surface area contributed by atoms with Crippen molar-refractivity contribution in [1.82, 2.24) is 19.6 Å². The van der Waals surface area contributed by atoms with Gasteiger partial charge >= 0.3 is 5.69 Å². The van der Waals surface area contributed by atoms with Crippen LogP contribution in [0.25, 0.3) is 10.8 Å². The van der Waals surface area contributed by atoms with Crippen molar-refractivity contribution < 1.29 is 14.1 Å². The Morgan fingerprint density at radius 2 is 1.88 bits per heavy atom. The molecule has 0 fully saturated rings. The predicted octanol–water partition coefficient (Wildman–Crippen LogP) is 4.08. The average Bonchev–Trinajstić information content (AvgIpc) is 3.56. The van der Waals surface area contributed by atoms with Crippen molar-refractivity contribution in [1.29, 1.82) is 0 Å². The Bertz CT molecular complexity index is 1460. The minimum Gasteiger partial charge on any atom is -0.454 e. The summed E-state index contributed by atoms with van der Waals surface area (Å²) in [5, 5.41) is 24.2. The van der Waals surface area contributed by atoms with E-state index in [0.717, 1.165) is 22.5 Å². The Balaban J connectivity index is 1.24. The van der Waals surface area contributed by atoms with E-state index in [2.05, 4.69) is 39.8 Å². The summed E-state index contributed by atoms with van der Waals surface area (Å²) in [5.41, 5.74) is 1.02. The van der Waals surface area contributed by atoms with E-state index in [1.54, 1.807) is 23.0 Å². The molecule has 33 heavy (non-hydrogen) atoms. The van der Waals surface area contributed by atoms with Crippen molar-refractivity contribution in [3.05, 3.63) is 106 Å². The molecule has 10 nitrogen and oxygen atoms in total. The molecule has 5 aromatic rings. The van der Waals surface area contributed by atoms with Gasteiger partial charge in [-0.05, 0) is 28.5 Å².